The van der Waals surface area contributed by atoms with Crippen molar-refractivity contribution in [1.82, 2.24) is 16.0 Å². The molecule has 14 heavy (non-hydrogen) atoms. The Labute approximate surface area is 82.9 Å². The van der Waals surface area contributed by atoms with Crippen LogP contribution in [0.5, 0.6) is 0 Å². The summed E-state index contributed by atoms with van der Waals surface area (Å²) in [5, 5.41) is 8.21. The number of hydrogen-bond acceptors (Lipinski definition) is 3. The molecule has 0 aromatic carbocycles. The summed E-state index contributed by atoms with van der Waals surface area (Å²) in [6.07, 6.45) is 2.50. The minimum absolute atomic E-state index is 0.0693. The molecular weight excluding hydrogens is 182 g/mol. The summed E-state index contributed by atoms with van der Waals surface area (Å²) in [5.41, 5.74) is 0. The Morgan fingerprint density at radius 1 is 1.71 bits per heavy atom. The third kappa shape index (κ3) is 3.18. The van der Waals surface area contributed by atoms with Gasteiger partial charge in [0.2, 0.25) is 11.8 Å². The standard InChI is InChI=1S/C9H15N3O2/c1-2-3-4-10-9(14)7-5-12-8(13)6-11-7/h2,7,11H,1,3-6H2,(H,10,14)(H,12,13). The van der Waals surface area contributed by atoms with E-state index in [4.69, 9.17) is 0 Å². The monoisotopic (exact) mass is 197 g/mol. The molecule has 5 heteroatoms. The number of rotatable bonds is 4. The van der Waals surface area contributed by atoms with Gasteiger partial charge in [-0.1, -0.05) is 6.08 Å². The quantitative estimate of drug-likeness (QED) is 0.390. The average Bonchev–Trinajstić information content (AvgIpc) is 2.19. The predicted octanol–water partition coefficient (Wildman–Crippen LogP) is -1.23. The summed E-state index contributed by atoms with van der Waals surface area (Å²) in [5.74, 6) is -0.146. The lowest BCUT2D eigenvalue weighted by molar-refractivity contribution is -0.126. The lowest BCUT2D eigenvalue weighted by Gasteiger charge is -2.22. The molecular formula is C9H15N3O2. The second-order valence-electron chi connectivity index (χ2n) is 3.11. The number of carbonyl (C=O) groups is 2. The maximum Gasteiger partial charge on any atom is 0.238 e. The summed E-state index contributed by atoms with van der Waals surface area (Å²) < 4.78 is 0. The van der Waals surface area contributed by atoms with Gasteiger partial charge in [-0.2, -0.15) is 0 Å². The van der Waals surface area contributed by atoms with Crippen LogP contribution < -0.4 is 16.0 Å². The van der Waals surface area contributed by atoms with E-state index in [0.29, 0.717) is 13.1 Å². The first-order chi connectivity index (χ1) is 6.74. The fourth-order valence-electron chi connectivity index (χ4n) is 1.17. The summed E-state index contributed by atoms with van der Waals surface area (Å²) in [4.78, 5) is 22.2. The van der Waals surface area contributed by atoms with Crippen molar-refractivity contribution in [2.75, 3.05) is 19.6 Å². The van der Waals surface area contributed by atoms with Gasteiger partial charge in [0.25, 0.3) is 0 Å². The minimum atomic E-state index is -0.308. The molecule has 0 saturated carbocycles. The zero-order valence-electron chi connectivity index (χ0n) is 8.01. The molecule has 3 N–H and O–H groups in total. The summed E-state index contributed by atoms with van der Waals surface area (Å²) in [7, 11) is 0. The third-order valence-electron chi connectivity index (χ3n) is 1.98. The maximum atomic E-state index is 11.4. The van der Waals surface area contributed by atoms with E-state index >= 15 is 0 Å². The fourth-order valence-corrected chi connectivity index (χ4v) is 1.17. The van der Waals surface area contributed by atoms with Crippen LogP contribution in [-0.4, -0.2) is 37.5 Å². The van der Waals surface area contributed by atoms with E-state index in [1.807, 2.05) is 0 Å². The van der Waals surface area contributed by atoms with E-state index in [-0.39, 0.29) is 24.4 Å². The van der Waals surface area contributed by atoms with Gasteiger partial charge in [0.05, 0.1) is 6.54 Å². The molecule has 0 aromatic heterocycles. The molecule has 5 nitrogen and oxygen atoms in total. The molecule has 1 saturated heterocycles. The Balaban J connectivity index is 2.23. The summed E-state index contributed by atoms with van der Waals surface area (Å²) in [6, 6.07) is -0.308. The Hall–Kier alpha value is -1.36. The van der Waals surface area contributed by atoms with Gasteiger partial charge in [-0.25, -0.2) is 0 Å². The molecule has 1 rings (SSSR count). The topological polar surface area (TPSA) is 70.2 Å². The van der Waals surface area contributed by atoms with Gasteiger partial charge in [-0.3, -0.25) is 14.9 Å². The lowest BCUT2D eigenvalue weighted by atomic mass is 10.2. The van der Waals surface area contributed by atoms with Crippen molar-refractivity contribution in [2.24, 2.45) is 0 Å². The van der Waals surface area contributed by atoms with Crippen LogP contribution in [0.3, 0.4) is 0 Å². The smallest absolute Gasteiger partial charge is 0.238 e. The molecule has 78 valence electrons. The van der Waals surface area contributed by atoms with Crippen LogP contribution in [0.1, 0.15) is 6.42 Å². The minimum Gasteiger partial charge on any atom is -0.354 e. The highest BCUT2D eigenvalue weighted by Crippen LogP contribution is 1.88. The van der Waals surface area contributed by atoms with Crippen molar-refractivity contribution in [2.45, 2.75) is 12.5 Å². The highest BCUT2D eigenvalue weighted by atomic mass is 16.2. The Bertz CT molecular complexity index is 230. The summed E-state index contributed by atoms with van der Waals surface area (Å²) in [6.45, 7) is 4.72. The second kappa shape index (κ2) is 5.39. The zero-order valence-corrected chi connectivity index (χ0v) is 8.01. The first-order valence-electron chi connectivity index (χ1n) is 4.62. The van der Waals surface area contributed by atoms with Crippen LogP contribution in [0.15, 0.2) is 12.7 Å². The lowest BCUT2D eigenvalue weighted by Crippen LogP contribution is -2.58. The predicted molar refractivity (Wildman–Crippen MR) is 52.6 cm³/mol. The zero-order chi connectivity index (χ0) is 10.4. The van der Waals surface area contributed by atoms with Gasteiger partial charge in [0.15, 0.2) is 0 Å². The Kier molecular flexibility index (Phi) is 4.12. The van der Waals surface area contributed by atoms with Crippen LogP contribution in [0, 0.1) is 0 Å². The van der Waals surface area contributed by atoms with Gasteiger partial charge in [0, 0.05) is 13.1 Å². The van der Waals surface area contributed by atoms with E-state index < -0.39 is 0 Å². The van der Waals surface area contributed by atoms with Gasteiger partial charge >= 0.3 is 0 Å². The number of hydrogen-bond donors (Lipinski definition) is 3. The second-order valence-corrected chi connectivity index (χ2v) is 3.11. The van der Waals surface area contributed by atoms with Crippen molar-refractivity contribution in [3.8, 4) is 0 Å². The van der Waals surface area contributed by atoms with Crippen LogP contribution in [-0.2, 0) is 9.59 Å². The van der Waals surface area contributed by atoms with E-state index in [2.05, 4.69) is 22.5 Å². The highest BCUT2D eigenvalue weighted by molar-refractivity contribution is 5.86. The van der Waals surface area contributed by atoms with E-state index in [9.17, 15) is 9.59 Å². The van der Waals surface area contributed by atoms with Crippen molar-refractivity contribution < 1.29 is 9.59 Å². The van der Waals surface area contributed by atoms with Gasteiger partial charge in [-0.05, 0) is 6.42 Å². The maximum absolute atomic E-state index is 11.4. The van der Waals surface area contributed by atoms with Crippen molar-refractivity contribution in [3.63, 3.8) is 0 Å². The molecule has 1 aliphatic heterocycles. The van der Waals surface area contributed by atoms with E-state index in [1.54, 1.807) is 6.08 Å². The highest BCUT2D eigenvalue weighted by Gasteiger charge is 2.22. The van der Waals surface area contributed by atoms with E-state index in [0.717, 1.165) is 6.42 Å². The molecule has 1 fully saturated rings. The van der Waals surface area contributed by atoms with Crippen molar-refractivity contribution in [1.29, 1.82) is 0 Å². The van der Waals surface area contributed by atoms with Crippen LogP contribution in [0.4, 0.5) is 0 Å². The normalized spacial score (nSPS) is 21.1. The largest absolute Gasteiger partial charge is 0.354 e. The number of amides is 2. The number of carbonyl (C=O) groups excluding carboxylic acids is 2. The van der Waals surface area contributed by atoms with Crippen molar-refractivity contribution in [3.05, 3.63) is 12.7 Å². The Morgan fingerprint density at radius 2 is 2.50 bits per heavy atom. The molecule has 1 aliphatic rings. The van der Waals surface area contributed by atoms with Crippen LogP contribution >= 0.6 is 0 Å². The molecule has 1 unspecified atom stereocenters. The Morgan fingerprint density at radius 3 is 3.07 bits per heavy atom. The number of piperazine rings is 1. The molecule has 0 radical (unpaired) electrons. The summed E-state index contributed by atoms with van der Waals surface area (Å²) >= 11 is 0. The molecule has 0 aliphatic carbocycles. The van der Waals surface area contributed by atoms with Gasteiger partial charge in [-0.15, -0.1) is 6.58 Å². The van der Waals surface area contributed by atoms with Crippen molar-refractivity contribution >= 4 is 11.8 Å². The molecule has 0 aromatic rings. The average molecular weight is 197 g/mol. The van der Waals surface area contributed by atoms with Gasteiger partial charge < -0.3 is 10.6 Å². The first-order valence-corrected chi connectivity index (χ1v) is 4.62. The fraction of sp³-hybridized carbons (Fsp3) is 0.556. The van der Waals surface area contributed by atoms with E-state index in [1.165, 1.54) is 0 Å². The number of nitrogens with one attached hydrogen (secondary N) is 3. The molecule has 2 amide bonds. The van der Waals surface area contributed by atoms with Gasteiger partial charge in [0.1, 0.15) is 6.04 Å². The first kappa shape index (κ1) is 10.7. The SMILES string of the molecule is C=CCCNC(=O)C1CNC(=O)CN1. The molecule has 1 atom stereocenters. The molecule has 0 bridgehead atoms. The molecule has 1 heterocycles. The van der Waals surface area contributed by atoms with Crippen LogP contribution in [0.2, 0.25) is 0 Å². The molecule has 0 spiro atoms. The third-order valence-corrected chi connectivity index (χ3v) is 1.98. The van der Waals surface area contributed by atoms with Crippen LogP contribution in [0.25, 0.3) is 0 Å².